The van der Waals surface area contributed by atoms with Gasteiger partial charge in [-0.25, -0.2) is 4.98 Å². The molecule has 0 aliphatic carbocycles. The molecule has 1 atom stereocenters. The van der Waals surface area contributed by atoms with Crippen LogP contribution in [0.25, 0.3) is 0 Å². The van der Waals surface area contributed by atoms with Gasteiger partial charge in [-0.15, -0.1) is 11.3 Å². The Bertz CT molecular complexity index is 677. The van der Waals surface area contributed by atoms with Crippen molar-refractivity contribution in [2.24, 2.45) is 5.92 Å². The van der Waals surface area contributed by atoms with Crippen molar-refractivity contribution in [1.29, 1.82) is 5.26 Å². The summed E-state index contributed by atoms with van der Waals surface area (Å²) in [5, 5.41) is 17.1. The van der Waals surface area contributed by atoms with E-state index < -0.39 is 0 Å². The molecule has 1 amide bonds. The topological polar surface area (TPSA) is 90.7 Å². The zero-order chi connectivity index (χ0) is 16.7. The summed E-state index contributed by atoms with van der Waals surface area (Å²) in [6, 6.07) is 5.64. The molecule has 0 aliphatic rings. The van der Waals surface area contributed by atoms with E-state index in [9.17, 15) is 4.79 Å². The maximum absolute atomic E-state index is 12.3. The predicted molar refractivity (Wildman–Crippen MR) is 90.5 cm³/mol. The number of anilines is 2. The summed E-state index contributed by atoms with van der Waals surface area (Å²) in [5.74, 6) is -0.139. The molecule has 2 aromatic rings. The molecule has 0 aromatic carbocycles. The summed E-state index contributed by atoms with van der Waals surface area (Å²) >= 11 is 1.45. The summed E-state index contributed by atoms with van der Waals surface area (Å²) in [6.45, 7) is 4.14. The Morgan fingerprint density at radius 1 is 1.39 bits per heavy atom. The van der Waals surface area contributed by atoms with E-state index >= 15 is 0 Å². The first-order valence-electron chi connectivity index (χ1n) is 7.37. The Balaban J connectivity index is 2.13. The fraction of sp³-hybridized carbons (Fsp3) is 0.375. The molecule has 7 heteroatoms. The number of carbonyl (C=O) groups is 1. The standard InChI is InChI=1S/C16H19N5OS/c1-11(2)9-13(15(22)19-8-5-17)14-10-23-16(21-14)20-12-3-6-18-7-4-12/h3-4,6-7,10-11,13H,8-9H2,1-2H3,(H,19,22)(H,18,20,21). The summed E-state index contributed by atoms with van der Waals surface area (Å²) in [7, 11) is 0. The van der Waals surface area contributed by atoms with Crippen molar-refractivity contribution in [3.05, 3.63) is 35.6 Å². The van der Waals surface area contributed by atoms with Gasteiger partial charge >= 0.3 is 0 Å². The average Bonchev–Trinajstić information content (AvgIpc) is 2.99. The van der Waals surface area contributed by atoms with Crippen LogP contribution < -0.4 is 10.6 Å². The molecule has 120 valence electrons. The van der Waals surface area contributed by atoms with Gasteiger partial charge in [-0.2, -0.15) is 5.26 Å². The molecule has 1 unspecified atom stereocenters. The van der Waals surface area contributed by atoms with E-state index in [1.807, 2.05) is 23.6 Å². The highest BCUT2D eigenvalue weighted by molar-refractivity contribution is 7.13. The molecule has 0 fully saturated rings. The van der Waals surface area contributed by atoms with Gasteiger partial charge in [0.05, 0.1) is 17.7 Å². The molecule has 2 rings (SSSR count). The Morgan fingerprint density at radius 3 is 2.78 bits per heavy atom. The fourth-order valence-corrected chi connectivity index (χ4v) is 2.93. The smallest absolute Gasteiger partial charge is 0.230 e. The van der Waals surface area contributed by atoms with Gasteiger partial charge in [0.25, 0.3) is 0 Å². The van der Waals surface area contributed by atoms with Crippen molar-refractivity contribution >= 4 is 28.1 Å². The second-order valence-corrected chi connectivity index (χ2v) is 6.35. The van der Waals surface area contributed by atoms with E-state index in [1.165, 1.54) is 11.3 Å². The van der Waals surface area contributed by atoms with Crippen LogP contribution in [0.2, 0.25) is 0 Å². The highest BCUT2D eigenvalue weighted by Crippen LogP contribution is 2.29. The molecular formula is C16H19N5OS. The van der Waals surface area contributed by atoms with Gasteiger partial charge in [0.1, 0.15) is 6.54 Å². The molecule has 0 bridgehead atoms. The number of hydrogen-bond donors (Lipinski definition) is 2. The minimum atomic E-state index is -0.340. The maximum atomic E-state index is 12.3. The van der Waals surface area contributed by atoms with E-state index in [2.05, 4.69) is 34.4 Å². The van der Waals surface area contributed by atoms with E-state index in [0.29, 0.717) is 12.3 Å². The van der Waals surface area contributed by atoms with Gasteiger partial charge in [0.15, 0.2) is 5.13 Å². The minimum absolute atomic E-state index is 0.0136. The van der Waals surface area contributed by atoms with Crippen LogP contribution in [0.1, 0.15) is 31.9 Å². The van der Waals surface area contributed by atoms with E-state index in [1.54, 1.807) is 12.4 Å². The van der Waals surface area contributed by atoms with Gasteiger partial charge in [-0.3, -0.25) is 9.78 Å². The third-order valence-corrected chi connectivity index (χ3v) is 3.95. The second kappa shape index (κ2) is 8.25. The Morgan fingerprint density at radius 2 is 2.13 bits per heavy atom. The monoisotopic (exact) mass is 329 g/mol. The van der Waals surface area contributed by atoms with Crippen molar-refractivity contribution in [2.75, 3.05) is 11.9 Å². The predicted octanol–water partition coefficient (Wildman–Crippen LogP) is 3.05. The molecule has 2 heterocycles. The first kappa shape index (κ1) is 16.9. The number of rotatable bonds is 7. The zero-order valence-electron chi connectivity index (χ0n) is 13.1. The van der Waals surface area contributed by atoms with Crippen LogP contribution in [-0.2, 0) is 4.79 Å². The van der Waals surface area contributed by atoms with Crippen LogP contribution in [-0.4, -0.2) is 22.4 Å². The first-order valence-corrected chi connectivity index (χ1v) is 8.25. The van der Waals surface area contributed by atoms with Crippen molar-refractivity contribution < 1.29 is 4.79 Å². The Hall–Kier alpha value is -2.46. The molecule has 2 N–H and O–H groups in total. The molecule has 0 saturated heterocycles. The van der Waals surface area contributed by atoms with Crippen molar-refractivity contribution in [3.63, 3.8) is 0 Å². The van der Waals surface area contributed by atoms with E-state index in [0.717, 1.165) is 16.5 Å². The van der Waals surface area contributed by atoms with Crippen LogP contribution in [0.15, 0.2) is 29.9 Å². The van der Waals surface area contributed by atoms with Crippen molar-refractivity contribution in [1.82, 2.24) is 15.3 Å². The summed E-state index contributed by atoms with van der Waals surface area (Å²) < 4.78 is 0. The van der Waals surface area contributed by atoms with Crippen LogP contribution in [0.3, 0.4) is 0 Å². The fourth-order valence-electron chi connectivity index (χ4n) is 2.15. The quantitative estimate of drug-likeness (QED) is 0.762. The van der Waals surface area contributed by atoms with Crippen molar-refractivity contribution in [2.45, 2.75) is 26.2 Å². The number of nitrogens with zero attached hydrogens (tertiary/aromatic N) is 3. The van der Waals surface area contributed by atoms with Crippen LogP contribution >= 0.6 is 11.3 Å². The lowest BCUT2D eigenvalue weighted by atomic mass is 9.94. The van der Waals surface area contributed by atoms with Crippen LogP contribution in [0.4, 0.5) is 10.8 Å². The summed E-state index contributed by atoms with van der Waals surface area (Å²) in [6.07, 6.45) is 4.09. The molecule has 2 aromatic heterocycles. The molecule has 0 saturated carbocycles. The van der Waals surface area contributed by atoms with Gasteiger partial charge in [0, 0.05) is 23.5 Å². The number of nitriles is 1. The molecule has 0 spiro atoms. The average molecular weight is 329 g/mol. The molecule has 0 aliphatic heterocycles. The highest BCUT2D eigenvalue weighted by Gasteiger charge is 2.24. The maximum Gasteiger partial charge on any atom is 0.230 e. The lowest BCUT2D eigenvalue weighted by Crippen LogP contribution is -2.30. The molecule has 6 nitrogen and oxygen atoms in total. The normalized spacial score (nSPS) is 11.7. The number of thiazole rings is 1. The minimum Gasteiger partial charge on any atom is -0.342 e. The first-order chi connectivity index (χ1) is 11.1. The van der Waals surface area contributed by atoms with Gasteiger partial charge in [-0.1, -0.05) is 13.8 Å². The zero-order valence-corrected chi connectivity index (χ0v) is 13.9. The molecule has 0 radical (unpaired) electrons. The number of hydrogen-bond acceptors (Lipinski definition) is 6. The van der Waals surface area contributed by atoms with Crippen LogP contribution in [0, 0.1) is 17.2 Å². The Kier molecular flexibility index (Phi) is 6.06. The Labute approximate surface area is 139 Å². The number of carbonyl (C=O) groups excluding carboxylic acids is 1. The summed E-state index contributed by atoms with van der Waals surface area (Å²) in [4.78, 5) is 20.8. The summed E-state index contributed by atoms with van der Waals surface area (Å²) in [5.41, 5.74) is 1.63. The lowest BCUT2D eigenvalue weighted by Gasteiger charge is -2.15. The van der Waals surface area contributed by atoms with E-state index in [-0.39, 0.29) is 18.4 Å². The lowest BCUT2D eigenvalue weighted by molar-refractivity contribution is -0.122. The van der Waals surface area contributed by atoms with Crippen LogP contribution in [0.5, 0.6) is 0 Å². The number of pyridine rings is 1. The van der Waals surface area contributed by atoms with E-state index in [4.69, 9.17) is 5.26 Å². The number of amides is 1. The number of aromatic nitrogens is 2. The second-order valence-electron chi connectivity index (χ2n) is 5.50. The SMILES string of the molecule is CC(C)CC(C(=O)NCC#N)c1csc(Nc2ccncc2)n1. The molecular weight excluding hydrogens is 310 g/mol. The van der Waals surface area contributed by atoms with Gasteiger partial charge in [0.2, 0.25) is 5.91 Å². The largest absolute Gasteiger partial charge is 0.342 e. The third-order valence-electron chi connectivity index (χ3n) is 3.18. The third kappa shape index (κ3) is 5.04. The molecule has 23 heavy (non-hydrogen) atoms. The number of nitrogens with one attached hydrogen (secondary N) is 2. The van der Waals surface area contributed by atoms with Crippen molar-refractivity contribution in [3.8, 4) is 6.07 Å². The van der Waals surface area contributed by atoms with Gasteiger partial charge in [-0.05, 0) is 24.5 Å². The van der Waals surface area contributed by atoms with Gasteiger partial charge < -0.3 is 10.6 Å². The highest BCUT2D eigenvalue weighted by atomic mass is 32.1.